The van der Waals surface area contributed by atoms with Crippen LogP contribution in [0.15, 0.2) is 109 Å². The van der Waals surface area contributed by atoms with E-state index in [9.17, 15) is 9.59 Å². The minimum atomic E-state index is -0.434. The molecule has 1 N–H and O–H groups in total. The van der Waals surface area contributed by atoms with Gasteiger partial charge in [-0.3, -0.25) is 9.59 Å². The Labute approximate surface area is 231 Å². The van der Waals surface area contributed by atoms with E-state index < -0.39 is 5.92 Å². The van der Waals surface area contributed by atoms with Gasteiger partial charge in [0, 0.05) is 28.7 Å². The van der Waals surface area contributed by atoms with Crippen molar-refractivity contribution < 1.29 is 9.59 Å². The largest absolute Gasteiger partial charge is 0.308 e. The molecule has 5 nitrogen and oxygen atoms in total. The minimum Gasteiger partial charge on any atom is -0.308 e. The molecular formula is C33H27N3O2S. The Bertz CT molecular complexity index is 1610. The molecule has 2 amide bonds. The van der Waals surface area contributed by atoms with Crippen LogP contribution in [0.25, 0.3) is 11.3 Å². The predicted molar refractivity (Wildman–Crippen MR) is 157 cm³/mol. The maximum Gasteiger partial charge on any atom is 0.258 e. The zero-order chi connectivity index (χ0) is 26.8. The molecule has 0 bridgehead atoms. The van der Waals surface area contributed by atoms with Gasteiger partial charge in [-0.05, 0) is 54.3 Å². The molecule has 192 valence electrons. The zero-order valence-corrected chi connectivity index (χ0v) is 22.3. The molecule has 0 unspecified atom stereocenters. The van der Waals surface area contributed by atoms with Crippen molar-refractivity contribution in [2.24, 2.45) is 0 Å². The lowest BCUT2D eigenvalue weighted by Crippen LogP contribution is -2.28. The molecule has 1 aromatic heterocycles. The third kappa shape index (κ3) is 5.11. The summed E-state index contributed by atoms with van der Waals surface area (Å²) in [6.45, 7) is 2.65. The van der Waals surface area contributed by atoms with Gasteiger partial charge in [0.1, 0.15) is 0 Å². The van der Waals surface area contributed by atoms with Crippen molar-refractivity contribution in [1.29, 1.82) is 0 Å². The van der Waals surface area contributed by atoms with Crippen molar-refractivity contribution in [3.8, 4) is 11.3 Å². The molecule has 1 aliphatic heterocycles. The summed E-state index contributed by atoms with van der Waals surface area (Å²) in [5.41, 5.74) is 7.48. The van der Waals surface area contributed by atoms with Crippen molar-refractivity contribution in [2.45, 2.75) is 19.3 Å². The van der Waals surface area contributed by atoms with Gasteiger partial charge < -0.3 is 10.2 Å². The highest BCUT2D eigenvalue weighted by Gasteiger charge is 2.27. The van der Waals surface area contributed by atoms with Gasteiger partial charge >= 0.3 is 0 Å². The first-order valence-electron chi connectivity index (χ1n) is 12.9. The molecule has 2 heterocycles. The van der Waals surface area contributed by atoms with Gasteiger partial charge in [0.2, 0.25) is 5.91 Å². The summed E-state index contributed by atoms with van der Waals surface area (Å²) in [5.74, 6) is -0.528. The number of aromatic nitrogens is 1. The highest BCUT2D eigenvalue weighted by atomic mass is 32.1. The molecule has 4 aromatic carbocycles. The number of carbonyl (C=O) groups is 2. The van der Waals surface area contributed by atoms with Gasteiger partial charge in [0.15, 0.2) is 5.13 Å². The molecular weight excluding hydrogens is 502 g/mol. The molecule has 0 aliphatic carbocycles. The van der Waals surface area contributed by atoms with E-state index in [4.69, 9.17) is 4.98 Å². The van der Waals surface area contributed by atoms with Crippen molar-refractivity contribution in [1.82, 2.24) is 4.98 Å². The Morgan fingerprint density at radius 2 is 1.59 bits per heavy atom. The Balaban J connectivity index is 1.21. The lowest BCUT2D eigenvalue weighted by molar-refractivity contribution is -0.116. The molecule has 0 saturated heterocycles. The number of thiazole rings is 1. The van der Waals surface area contributed by atoms with Crippen LogP contribution in [0.1, 0.15) is 38.5 Å². The van der Waals surface area contributed by atoms with Gasteiger partial charge in [-0.1, -0.05) is 84.4 Å². The zero-order valence-electron chi connectivity index (χ0n) is 21.5. The Kier molecular flexibility index (Phi) is 6.78. The van der Waals surface area contributed by atoms with E-state index in [1.165, 1.54) is 11.3 Å². The predicted octanol–water partition coefficient (Wildman–Crippen LogP) is 7.09. The van der Waals surface area contributed by atoms with Gasteiger partial charge in [-0.2, -0.15) is 0 Å². The number of amides is 2. The number of anilines is 2. The second kappa shape index (κ2) is 10.7. The van der Waals surface area contributed by atoms with Crippen LogP contribution in [-0.4, -0.2) is 23.3 Å². The standard InChI is InChI=1S/C33H27N3O2S/c1-22-9-8-14-27(19-22)32(38)36-18-17-26-20-25(15-16-29(26)36)28-21-39-33(34-28)35-31(37)30(23-10-4-2-5-11-23)24-12-6-3-7-13-24/h2-16,19-21,30H,17-18H2,1H3,(H,34,35,37). The van der Waals surface area contributed by atoms with E-state index in [0.29, 0.717) is 17.2 Å². The quantitative estimate of drug-likeness (QED) is 0.255. The molecule has 0 atom stereocenters. The lowest BCUT2D eigenvalue weighted by atomic mass is 9.90. The molecule has 0 spiro atoms. The Morgan fingerprint density at radius 1 is 0.872 bits per heavy atom. The first kappa shape index (κ1) is 24.8. The number of hydrogen-bond acceptors (Lipinski definition) is 4. The fraction of sp³-hybridized carbons (Fsp3) is 0.121. The average molecular weight is 530 g/mol. The van der Waals surface area contributed by atoms with E-state index in [1.54, 1.807) is 0 Å². The molecule has 6 heteroatoms. The molecule has 0 saturated carbocycles. The Morgan fingerprint density at radius 3 is 2.28 bits per heavy atom. The van der Waals surface area contributed by atoms with Crippen LogP contribution < -0.4 is 10.2 Å². The fourth-order valence-electron chi connectivity index (χ4n) is 5.13. The summed E-state index contributed by atoms with van der Waals surface area (Å²) >= 11 is 1.41. The number of nitrogens with zero attached hydrogens (tertiary/aromatic N) is 2. The number of nitrogens with one attached hydrogen (secondary N) is 1. The highest BCUT2D eigenvalue weighted by molar-refractivity contribution is 7.14. The van der Waals surface area contributed by atoms with Crippen LogP contribution in [0.5, 0.6) is 0 Å². The van der Waals surface area contributed by atoms with Crippen molar-refractivity contribution in [3.63, 3.8) is 0 Å². The van der Waals surface area contributed by atoms with Crippen LogP contribution in [0.4, 0.5) is 10.8 Å². The SMILES string of the molecule is Cc1cccc(C(=O)N2CCc3cc(-c4csc(NC(=O)C(c5ccccc5)c5ccccc5)n4)ccc32)c1. The summed E-state index contributed by atoms with van der Waals surface area (Å²) in [6.07, 6.45) is 0.796. The number of aryl methyl sites for hydroxylation is 1. The van der Waals surface area contributed by atoms with E-state index in [0.717, 1.165) is 45.6 Å². The van der Waals surface area contributed by atoms with Crippen LogP contribution >= 0.6 is 11.3 Å². The summed E-state index contributed by atoms with van der Waals surface area (Å²) in [6, 6.07) is 33.4. The number of rotatable bonds is 6. The number of fused-ring (bicyclic) bond motifs is 1. The van der Waals surface area contributed by atoms with Gasteiger partial charge in [0.05, 0.1) is 11.6 Å². The van der Waals surface area contributed by atoms with Crippen molar-refractivity contribution >= 4 is 34.0 Å². The van der Waals surface area contributed by atoms with Gasteiger partial charge in [0.25, 0.3) is 5.91 Å². The van der Waals surface area contributed by atoms with Gasteiger partial charge in [-0.25, -0.2) is 4.98 Å². The second-order valence-electron chi connectivity index (χ2n) is 9.70. The maximum atomic E-state index is 13.5. The van der Waals surface area contributed by atoms with Crippen molar-refractivity contribution in [3.05, 3.63) is 136 Å². The molecule has 39 heavy (non-hydrogen) atoms. The second-order valence-corrected chi connectivity index (χ2v) is 10.6. The van der Waals surface area contributed by atoms with Crippen LogP contribution in [0, 0.1) is 6.92 Å². The molecule has 6 rings (SSSR count). The maximum absolute atomic E-state index is 13.5. The molecule has 5 aromatic rings. The third-order valence-electron chi connectivity index (χ3n) is 7.04. The third-order valence-corrected chi connectivity index (χ3v) is 7.80. The normalized spacial score (nSPS) is 12.4. The smallest absolute Gasteiger partial charge is 0.258 e. The van der Waals surface area contributed by atoms with E-state index in [-0.39, 0.29) is 11.8 Å². The lowest BCUT2D eigenvalue weighted by Gasteiger charge is -2.18. The van der Waals surface area contributed by atoms with Crippen LogP contribution in [0.3, 0.4) is 0 Å². The number of carbonyl (C=O) groups excluding carboxylic acids is 2. The topological polar surface area (TPSA) is 62.3 Å². The summed E-state index contributed by atoms with van der Waals surface area (Å²) in [7, 11) is 0. The fourth-order valence-corrected chi connectivity index (χ4v) is 5.86. The average Bonchev–Trinajstić information content (AvgIpc) is 3.61. The monoisotopic (exact) mass is 529 g/mol. The van der Waals surface area contributed by atoms with E-state index >= 15 is 0 Å². The summed E-state index contributed by atoms with van der Waals surface area (Å²) in [4.78, 5) is 33.2. The van der Waals surface area contributed by atoms with Crippen molar-refractivity contribution in [2.75, 3.05) is 16.8 Å². The van der Waals surface area contributed by atoms with Gasteiger partial charge in [-0.15, -0.1) is 11.3 Å². The first-order chi connectivity index (χ1) is 19.1. The first-order valence-corrected chi connectivity index (χ1v) is 13.8. The molecule has 0 radical (unpaired) electrons. The number of benzene rings is 4. The van der Waals surface area contributed by atoms with Crippen LogP contribution in [0.2, 0.25) is 0 Å². The number of hydrogen-bond donors (Lipinski definition) is 1. The molecule has 1 aliphatic rings. The van der Waals surface area contributed by atoms with Crippen LogP contribution in [-0.2, 0) is 11.2 Å². The van der Waals surface area contributed by atoms with E-state index in [2.05, 4.69) is 11.4 Å². The van der Waals surface area contributed by atoms with E-state index in [1.807, 2.05) is 114 Å². The summed E-state index contributed by atoms with van der Waals surface area (Å²) < 4.78 is 0. The Hall–Kier alpha value is -4.55. The molecule has 0 fully saturated rings. The summed E-state index contributed by atoms with van der Waals surface area (Å²) in [5, 5.41) is 5.56. The highest BCUT2D eigenvalue weighted by Crippen LogP contribution is 2.35. The minimum absolute atomic E-state index is 0.0234.